The average molecular weight is 529 g/mol. The summed E-state index contributed by atoms with van der Waals surface area (Å²) in [5, 5.41) is 4.98. The van der Waals surface area contributed by atoms with E-state index in [2.05, 4.69) is 96.3 Å². The van der Waals surface area contributed by atoms with Crippen LogP contribution in [0, 0.1) is 5.92 Å². The first kappa shape index (κ1) is 30.7. The lowest BCUT2D eigenvalue weighted by atomic mass is 9.79. The summed E-state index contributed by atoms with van der Waals surface area (Å²) in [5.74, 6) is 0.992. The normalized spacial score (nSPS) is 18.5. The number of hydrogen-bond donors (Lipinski definition) is 1. The fourth-order valence-corrected chi connectivity index (χ4v) is 5.53. The van der Waals surface area contributed by atoms with Gasteiger partial charge in [-0.1, -0.05) is 64.5 Å². The molecule has 1 aliphatic rings. The lowest BCUT2D eigenvalue weighted by Gasteiger charge is -2.26. The quantitative estimate of drug-likeness (QED) is 0.299. The number of hydrogen-bond acceptors (Lipinski definition) is 3. The van der Waals surface area contributed by atoms with Gasteiger partial charge < -0.3 is 5.73 Å². The van der Waals surface area contributed by atoms with Crippen molar-refractivity contribution in [1.82, 2.24) is 9.78 Å². The van der Waals surface area contributed by atoms with Crippen LogP contribution in [-0.2, 0) is 31.7 Å². The van der Waals surface area contributed by atoms with Crippen molar-refractivity contribution < 1.29 is 0 Å². The van der Waals surface area contributed by atoms with Crippen molar-refractivity contribution in [3.05, 3.63) is 88.4 Å². The fraction of sp³-hybridized carbons (Fsp3) is 0.543. The first-order valence-electron chi connectivity index (χ1n) is 14.9. The van der Waals surface area contributed by atoms with Crippen LogP contribution in [0.5, 0.6) is 0 Å². The van der Waals surface area contributed by atoms with E-state index in [1.807, 2.05) is 0 Å². The number of benzene rings is 1. The van der Waals surface area contributed by atoms with E-state index in [4.69, 9.17) is 15.8 Å². The zero-order valence-corrected chi connectivity index (χ0v) is 25.7. The molecular weight excluding hydrogens is 476 g/mol. The van der Waals surface area contributed by atoms with Gasteiger partial charge in [-0.15, -0.1) is 6.58 Å². The molecule has 212 valence electrons. The average Bonchev–Trinajstić information content (AvgIpc) is 3.18. The van der Waals surface area contributed by atoms with Crippen LogP contribution in [0.4, 0.5) is 0 Å². The van der Waals surface area contributed by atoms with Gasteiger partial charge in [0.1, 0.15) is 0 Å². The predicted molar refractivity (Wildman–Crippen MR) is 169 cm³/mol. The third kappa shape index (κ3) is 9.37. The molecule has 2 heterocycles. The van der Waals surface area contributed by atoms with E-state index in [0.717, 1.165) is 57.9 Å². The van der Waals surface area contributed by atoms with Gasteiger partial charge >= 0.3 is 0 Å². The Bertz CT molecular complexity index is 1200. The second kappa shape index (κ2) is 14.0. The lowest BCUT2D eigenvalue weighted by Crippen LogP contribution is -2.15. The largest absolute Gasteiger partial charge is 0.404 e. The molecule has 1 aromatic heterocycles. The van der Waals surface area contributed by atoms with E-state index in [-0.39, 0.29) is 5.41 Å². The second-order valence-corrected chi connectivity index (χ2v) is 13.0. The van der Waals surface area contributed by atoms with Crippen LogP contribution in [0.25, 0.3) is 0 Å². The lowest BCUT2D eigenvalue weighted by molar-refractivity contribution is 0.578. The van der Waals surface area contributed by atoms with Gasteiger partial charge in [-0.25, -0.2) is 0 Å². The monoisotopic (exact) mass is 528 g/mol. The first-order chi connectivity index (χ1) is 18.5. The summed E-state index contributed by atoms with van der Waals surface area (Å²) in [6.45, 7) is 18.9. The molecule has 0 aliphatic carbocycles. The number of aryl methyl sites for hydroxylation is 2. The molecular formula is C35H52N4. The van der Waals surface area contributed by atoms with Gasteiger partial charge in [0.25, 0.3) is 0 Å². The molecule has 0 saturated carbocycles. The summed E-state index contributed by atoms with van der Waals surface area (Å²) in [6.07, 6.45) is 14.1. The maximum atomic E-state index is 5.75. The van der Waals surface area contributed by atoms with Crippen molar-refractivity contribution in [2.45, 2.75) is 104 Å². The molecule has 1 unspecified atom stereocenters. The van der Waals surface area contributed by atoms with Gasteiger partial charge in [0.15, 0.2) is 0 Å². The Morgan fingerprint density at radius 3 is 2.56 bits per heavy atom. The van der Waals surface area contributed by atoms with Gasteiger partial charge in [-0.05, 0) is 116 Å². The van der Waals surface area contributed by atoms with Crippen LogP contribution in [-0.4, -0.2) is 22.0 Å². The highest BCUT2D eigenvalue weighted by molar-refractivity contribution is 5.95. The van der Waals surface area contributed by atoms with Crippen LogP contribution in [0.2, 0.25) is 0 Å². The summed E-state index contributed by atoms with van der Waals surface area (Å²) in [5.41, 5.74) is 16.3. The van der Waals surface area contributed by atoms with Gasteiger partial charge in [0.2, 0.25) is 0 Å². The topological polar surface area (TPSA) is 56.2 Å². The first-order valence-corrected chi connectivity index (χ1v) is 14.9. The molecule has 1 atom stereocenters. The smallest absolute Gasteiger partial charge is 0.0633 e. The Labute approximate surface area is 238 Å². The molecule has 0 saturated heterocycles. The minimum Gasteiger partial charge on any atom is -0.404 e. The van der Waals surface area contributed by atoms with E-state index < -0.39 is 0 Å². The molecule has 1 aromatic carbocycles. The summed E-state index contributed by atoms with van der Waals surface area (Å²) in [4.78, 5) is 4.80. The molecule has 3 rings (SSSR count). The van der Waals surface area contributed by atoms with E-state index in [1.54, 1.807) is 6.20 Å². The van der Waals surface area contributed by atoms with Crippen LogP contribution in [0.15, 0.2) is 65.3 Å². The zero-order chi connectivity index (χ0) is 28.6. The second-order valence-electron chi connectivity index (χ2n) is 13.0. The molecule has 0 bridgehead atoms. The van der Waals surface area contributed by atoms with Gasteiger partial charge in [-0.2, -0.15) is 5.10 Å². The maximum absolute atomic E-state index is 5.75. The Morgan fingerprint density at radius 1 is 1.13 bits per heavy atom. The molecule has 39 heavy (non-hydrogen) atoms. The number of aliphatic imine (C=N–C) groups is 1. The highest BCUT2D eigenvalue weighted by atomic mass is 15.3. The molecule has 0 spiro atoms. The fourth-order valence-electron chi connectivity index (χ4n) is 5.53. The Morgan fingerprint density at radius 2 is 1.90 bits per heavy atom. The summed E-state index contributed by atoms with van der Waals surface area (Å²) in [6, 6.07) is 9.51. The molecule has 4 heteroatoms. The minimum absolute atomic E-state index is 0.120. The van der Waals surface area contributed by atoms with Gasteiger partial charge in [0.05, 0.1) is 5.69 Å². The maximum Gasteiger partial charge on any atom is 0.0633 e. The molecule has 2 N–H and O–H groups in total. The third-order valence-corrected chi connectivity index (χ3v) is 7.67. The van der Waals surface area contributed by atoms with Crippen LogP contribution >= 0.6 is 0 Å². The number of allylic oxidation sites excluding steroid dienone is 4. The summed E-state index contributed by atoms with van der Waals surface area (Å²) in [7, 11) is 2.09. The van der Waals surface area contributed by atoms with Crippen LogP contribution < -0.4 is 5.73 Å². The van der Waals surface area contributed by atoms with E-state index >= 15 is 0 Å². The molecule has 1 aliphatic heterocycles. The van der Waals surface area contributed by atoms with Gasteiger partial charge in [0, 0.05) is 25.0 Å². The van der Waals surface area contributed by atoms with Crippen molar-refractivity contribution in [3.8, 4) is 0 Å². The highest BCUT2D eigenvalue weighted by Gasteiger charge is 2.22. The summed E-state index contributed by atoms with van der Waals surface area (Å²) >= 11 is 0. The minimum atomic E-state index is 0.120. The van der Waals surface area contributed by atoms with E-state index in [9.17, 15) is 0 Å². The van der Waals surface area contributed by atoms with Gasteiger partial charge in [-0.3, -0.25) is 9.67 Å². The zero-order valence-electron chi connectivity index (χ0n) is 25.7. The SMILES string of the molecule is C=C(C)CC(Cc1cc(CCCC2=N/CCCC(=C\N)/C=C\2)n(C)n1)c1cc(C(C)(C)C)ccc1CC(C)C. The molecule has 0 fully saturated rings. The van der Waals surface area contributed by atoms with Crippen LogP contribution in [0.1, 0.15) is 108 Å². The van der Waals surface area contributed by atoms with E-state index in [0.29, 0.717) is 11.8 Å². The van der Waals surface area contributed by atoms with Crippen molar-refractivity contribution in [3.63, 3.8) is 0 Å². The van der Waals surface area contributed by atoms with Crippen molar-refractivity contribution in [1.29, 1.82) is 0 Å². The van der Waals surface area contributed by atoms with Crippen molar-refractivity contribution in [2.24, 2.45) is 23.7 Å². The van der Waals surface area contributed by atoms with E-state index in [1.165, 1.54) is 44.9 Å². The predicted octanol–water partition coefficient (Wildman–Crippen LogP) is 8.16. The number of aromatic nitrogens is 2. The Kier molecular flexibility index (Phi) is 11.0. The van der Waals surface area contributed by atoms with Crippen LogP contribution in [0.3, 0.4) is 0 Å². The number of rotatable bonds is 11. The molecule has 4 nitrogen and oxygen atoms in total. The number of nitrogens with two attached hydrogens (primary N) is 1. The van der Waals surface area contributed by atoms with Crippen molar-refractivity contribution in [2.75, 3.05) is 6.54 Å². The molecule has 0 radical (unpaired) electrons. The summed E-state index contributed by atoms with van der Waals surface area (Å²) < 4.78 is 2.08. The Hall–Kier alpha value is -2.88. The number of nitrogens with zero attached hydrogens (tertiary/aromatic N) is 3. The third-order valence-electron chi connectivity index (χ3n) is 7.67. The molecule has 2 aromatic rings. The molecule has 0 amide bonds. The Balaban J connectivity index is 1.78. The van der Waals surface area contributed by atoms with Crippen molar-refractivity contribution >= 4 is 5.71 Å². The highest BCUT2D eigenvalue weighted by Crippen LogP contribution is 2.34. The standard InChI is InChI=1S/C35H52N4/c1-25(2)19-28-15-16-30(35(5,6)7)22-34(28)29(20-26(3)4)21-32-23-33(39(8)38-32)13-9-12-31-17-14-27(24-36)11-10-18-37-31/h14-17,22-25,29H,3,9-13,18-21,36H2,1-2,4-8H3/b17-14-,27-24+,37-31-.